The molecular weight excluding hydrogens is 496 g/mol. The Balaban J connectivity index is 1.61. The number of sulfonamides is 1. The summed E-state index contributed by atoms with van der Waals surface area (Å²) in [6, 6.07) is 30.9. The van der Waals surface area contributed by atoms with Gasteiger partial charge in [-0.2, -0.15) is 0 Å². The highest BCUT2D eigenvalue weighted by atomic mass is 32.2. The van der Waals surface area contributed by atoms with Crippen LogP contribution in [0.5, 0.6) is 0 Å². The summed E-state index contributed by atoms with van der Waals surface area (Å²) in [6.45, 7) is 0.770. The van der Waals surface area contributed by atoms with Crippen molar-refractivity contribution in [3.8, 4) is 0 Å². The van der Waals surface area contributed by atoms with Gasteiger partial charge in [0.2, 0.25) is 0 Å². The summed E-state index contributed by atoms with van der Waals surface area (Å²) < 4.78 is 29.0. The molecule has 0 aliphatic carbocycles. The normalized spacial score (nSPS) is 14.1. The number of anilines is 3. The fourth-order valence-corrected chi connectivity index (χ4v) is 5.51. The number of nitrogens with one attached hydrogen (secondary N) is 3. The Morgan fingerprint density at radius 2 is 1.50 bits per heavy atom. The molecule has 0 fully saturated rings. The second-order valence-corrected chi connectivity index (χ2v) is 11.0. The number of benzene rings is 4. The average Bonchev–Trinajstić information content (AvgIpc) is 3.23. The zero-order valence-corrected chi connectivity index (χ0v) is 21.9. The number of carbonyl (C=O) groups is 1. The van der Waals surface area contributed by atoms with Crippen molar-refractivity contribution < 1.29 is 13.2 Å². The van der Waals surface area contributed by atoms with Crippen LogP contribution in [0.1, 0.15) is 16.7 Å². The molecule has 0 unspecified atom stereocenters. The van der Waals surface area contributed by atoms with Crippen molar-refractivity contribution in [2.24, 2.45) is 0 Å². The molecule has 1 amide bonds. The molecule has 0 bridgehead atoms. The van der Waals surface area contributed by atoms with Gasteiger partial charge in [0.15, 0.2) is 0 Å². The van der Waals surface area contributed by atoms with Crippen LogP contribution in [0.4, 0.5) is 17.1 Å². The lowest BCUT2D eigenvalue weighted by atomic mass is 10.00. The third kappa shape index (κ3) is 5.46. The van der Waals surface area contributed by atoms with E-state index in [0.717, 1.165) is 23.4 Å². The quantitative estimate of drug-likeness (QED) is 0.266. The van der Waals surface area contributed by atoms with Crippen molar-refractivity contribution in [3.05, 3.63) is 120 Å². The van der Waals surface area contributed by atoms with Crippen LogP contribution in [-0.2, 0) is 21.4 Å². The van der Waals surface area contributed by atoms with Gasteiger partial charge < -0.3 is 15.5 Å². The van der Waals surface area contributed by atoms with Crippen molar-refractivity contribution >= 4 is 44.3 Å². The van der Waals surface area contributed by atoms with Crippen LogP contribution in [0.3, 0.4) is 0 Å². The summed E-state index contributed by atoms with van der Waals surface area (Å²) in [5, 5.41) is 6.35. The summed E-state index contributed by atoms with van der Waals surface area (Å²) >= 11 is 0. The van der Waals surface area contributed by atoms with Crippen LogP contribution in [0.15, 0.2) is 108 Å². The van der Waals surface area contributed by atoms with Crippen molar-refractivity contribution in [3.63, 3.8) is 0 Å². The summed E-state index contributed by atoms with van der Waals surface area (Å²) in [7, 11) is 0.140. The van der Waals surface area contributed by atoms with Crippen molar-refractivity contribution in [2.75, 3.05) is 29.5 Å². The van der Waals surface area contributed by atoms with E-state index in [1.54, 1.807) is 36.4 Å². The zero-order valence-electron chi connectivity index (χ0n) is 21.1. The van der Waals surface area contributed by atoms with Gasteiger partial charge in [0.05, 0.1) is 16.2 Å². The molecule has 0 aromatic heterocycles. The number of para-hydroxylation sites is 1. The van der Waals surface area contributed by atoms with Gasteiger partial charge in [-0.05, 0) is 67.7 Å². The van der Waals surface area contributed by atoms with Gasteiger partial charge in [-0.1, -0.05) is 60.7 Å². The lowest BCUT2D eigenvalue weighted by molar-refractivity contribution is -0.110. The molecule has 192 valence electrons. The summed E-state index contributed by atoms with van der Waals surface area (Å²) in [6.07, 6.45) is 0. The van der Waals surface area contributed by atoms with E-state index >= 15 is 0 Å². The minimum Gasteiger partial charge on any atom is -0.354 e. The van der Waals surface area contributed by atoms with Crippen LogP contribution in [-0.4, -0.2) is 33.3 Å². The summed E-state index contributed by atoms with van der Waals surface area (Å²) in [4.78, 5) is 15.5. The number of amides is 1. The maximum atomic E-state index is 13.3. The van der Waals surface area contributed by atoms with Gasteiger partial charge in [0.1, 0.15) is 0 Å². The third-order valence-electron chi connectivity index (χ3n) is 6.08. The van der Waals surface area contributed by atoms with Gasteiger partial charge in [0, 0.05) is 29.2 Å². The highest BCUT2D eigenvalue weighted by Crippen LogP contribution is 2.39. The number of nitrogens with zero attached hydrogens (tertiary/aromatic N) is 1. The van der Waals surface area contributed by atoms with E-state index in [2.05, 4.69) is 26.3 Å². The fraction of sp³-hybridized carbons (Fsp3) is 0.100. The molecule has 0 radical (unpaired) electrons. The van der Waals surface area contributed by atoms with Crippen molar-refractivity contribution in [1.82, 2.24) is 4.90 Å². The minimum atomic E-state index is -3.88. The predicted octanol–water partition coefficient (Wildman–Crippen LogP) is 5.48. The van der Waals surface area contributed by atoms with E-state index in [1.807, 2.05) is 68.7 Å². The number of fused-ring (bicyclic) bond motifs is 1. The number of rotatable bonds is 8. The first-order valence-electron chi connectivity index (χ1n) is 12.1. The molecular formula is C30H28N4O3S. The first-order chi connectivity index (χ1) is 18.3. The Morgan fingerprint density at radius 1 is 0.816 bits per heavy atom. The highest BCUT2D eigenvalue weighted by molar-refractivity contribution is 7.92. The lowest BCUT2D eigenvalue weighted by Crippen LogP contribution is -2.13. The molecule has 4 aromatic carbocycles. The molecule has 7 nitrogen and oxygen atoms in total. The molecule has 0 saturated heterocycles. The smallest absolute Gasteiger partial charge is 0.261 e. The Hall–Kier alpha value is -4.40. The molecule has 5 rings (SSSR count). The van der Waals surface area contributed by atoms with Gasteiger partial charge in [0.25, 0.3) is 15.9 Å². The molecule has 38 heavy (non-hydrogen) atoms. The molecule has 0 saturated carbocycles. The number of carbonyl (C=O) groups excluding carboxylic acids is 1. The van der Waals surface area contributed by atoms with E-state index in [9.17, 15) is 13.2 Å². The third-order valence-corrected chi connectivity index (χ3v) is 7.46. The van der Waals surface area contributed by atoms with E-state index in [0.29, 0.717) is 28.2 Å². The monoisotopic (exact) mass is 524 g/mol. The van der Waals surface area contributed by atoms with E-state index in [-0.39, 0.29) is 10.8 Å². The largest absolute Gasteiger partial charge is 0.354 e. The topological polar surface area (TPSA) is 90.5 Å². The van der Waals surface area contributed by atoms with E-state index in [4.69, 9.17) is 0 Å². The fourth-order valence-electron chi connectivity index (χ4n) is 4.42. The molecule has 0 spiro atoms. The van der Waals surface area contributed by atoms with Crippen LogP contribution in [0, 0.1) is 0 Å². The second-order valence-electron chi connectivity index (χ2n) is 9.31. The van der Waals surface area contributed by atoms with Gasteiger partial charge >= 0.3 is 0 Å². The van der Waals surface area contributed by atoms with E-state index in [1.165, 1.54) is 6.07 Å². The van der Waals surface area contributed by atoms with Crippen LogP contribution in [0.2, 0.25) is 0 Å². The average molecular weight is 525 g/mol. The molecule has 1 heterocycles. The number of hydrogen-bond acceptors (Lipinski definition) is 5. The maximum absolute atomic E-state index is 13.3. The van der Waals surface area contributed by atoms with E-state index < -0.39 is 10.0 Å². The Labute approximate surface area is 222 Å². The van der Waals surface area contributed by atoms with Crippen LogP contribution >= 0.6 is 0 Å². The summed E-state index contributed by atoms with van der Waals surface area (Å²) in [5.41, 5.74) is 5.25. The molecule has 8 heteroatoms. The second kappa shape index (κ2) is 10.5. The highest BCUT2D eigenvalue weighted by Gasteiger charge is 2.30. The summed E-state index contributed by atoms with van der Waals surface area (Å²) in [5.74, 6) is -0.304. The molecule has 1 aliphatic heterocycles. The van der Waals surface area contributed by atoms with Crippen molar-refractivity contribution in [1.29, 1.82) is 0 Å². The van der Waals surface area contributed by atoms with Gasteiger partial charge in [-0.15, -0.1) is 0 Å². The molecule has 4 aromatic rings. The molecule has 1 aliphatic rings. The lowest BCUT2D eigenvalue weighted by Gasteiger charge is -2.17. The molecule has 3 N–H and O–H groups in total. The first-order valence-corrected chi connectivity index (χ1v) is 13.6. The predicted molar refractivity (Wildman–Crippen MR) is 153 cm³/mol. The Morgan fingerprint density at radius 3 is 2.21 bits per heavy atom. The van der Waals surface area contributed by atoms with Gasteiger partial charge in [-0.3, -0.25) is 9.52 Å². The Kier molecular flexibility index (Phi) is 7.00. The molecule has 0 atom stereocenters. The van der Waals surface area contributed by atoms with Crippen LogP contribution in [0.25, 0.3) is 11.3 Å². The Bertz CT molecular complexity index is 1620. The van der Waals surface area contributed by atoms with Gasteiger partial charge in [-0.25, -0.2) is 8.42 Å². The minimum absolute atomic E-state index is 0.0643. The van der Waals surface area contributed by atoms with Crippen LogP contribution < -0.4 is 15.4 Å². The maximum Gasteiger partial charge on any atom is 0.261 e. The first kappa shape index (κ1) is 25.3. The number of hydrogen-bond donors (Lipinski definition) is 3. The zero-order chi connectivity index (χ0) is 26.7. The van der Waals surface area contributed by atoms with Crippen molar-refractivity contribution in [2.45, 2.75) is 11.4 Å². The standard InChI is InChI=1S/C30H28N4O3S/c1-34(2)20-21-10-9-15-24(18-21)31-29(22-11-5-3-6-12-22)28-26-19-25(16-17-27(26)32-30(28)35)38(36,37)33-23-13-7-4-8-14-23/h3-19,31,33H,20H2,1-2H3,(H,32,35). The SMILES string of the molecule is CN(C)Cc1cccc(NC(=C2C(=O)Nc3ccc(S(=O)(=O)Nc4ccccc4)cc32)c2ccccc2)c1.